The molecule has 1 aliphatic rings. The van der Waals surface area contributed by atoms with Gasteiger partial charge in [0.15, 0.2) is 0 Å². The van der Waals surface area contributed by atoms with Gasteiger partial charge in [0.1, 0.15) is 13.1 Å². The van der Waals surface area contributed by atoms with E-state index in [1.165, 1.54) is 4.70 Å². The number of rotatable bonds is 0. The van der Waals surface area contributed by atoms with E-state index in [1.54, 1.807) is 0 Å². The first-order valence-corrected chi connectivity index (χ1v) is 1.98. The maximum absolute atomic E-state index is 8.50. The van der Waals surface area contributed by atoms with Crippen LogP contribution in [0.25, 0.3) is 5.53 Å². The molecule has 0 aromatic carbocycles. The molecule has 1 rings (SSSR count). The molecule has 0 atom stereocenters. The third-order valence-electron chi connectivity index (χ3n) is 0.799. The molecule has 0 unspecified atom stereocenters. The van der Waals surface area contributed by atoms with E-state index in [-0.39, 0.29) is 0 Å². The molecule has 0 N–H and O–H groups in total. The van der Waals surface area contributed by atoms with Gasteiger partial charge in [0.2, 0.25) is 0 Å². The van der Waals surface area contributed by atoms with Gasteiger partial charge in [-0.3, -0.25) is 0 Å². The normalized spacial score (nSPS) is 19.7. The fraction of sp³-hybridized carbons (Fsp3) is 0.500. The van der Waals surface area contributed by atoms with Gasteiger partial charge in [-0.1, -0.05) is 0 Å². The second kappa shape index (κ2) is 1.20. The molecule has 0 bridgehead atoms. The summed E-state index contributed by atoms with van der Waals surface area (Å²) in [6.07, 6.45) is 3.86. The van der Waals surface area contributed by atoms with Crippen molar-refractivity contribution in [1.29, 1.82) is 0 Å². The SMILES string of the molecule is [N-]=[N+]1CC=CC1. The van der Waals surface area contributed by atoms with Gasteiger partial charge in [-0.15, -0.1) is 0 Å². The molecule has 1 heterocycles. The first-order valence-electron chi connectivity index (χ1n) is 1.98. The van der Waals surface area contributed by atoms with Gasteiger partial charge in [-0.2, -0.15) is 0 Å². The van der Waals surface area contributed by atoms with Crippen molar-refractivity contribution in [3.8, 4) is 0 Å². The van der Waals surface area contributed by atoms with Crippen molar-refractivity contribution in [2.45, 2.75) is 0 Å². The Morgan fingerprint density at radius 1 is 1.33 bits per heavy atom. The molecule has 0 aromatic heterocycles. The summed E-state index contributed by atoms with van der Waals surface area (Å²) in [7, 11) is 0. The van der Waals surface area contributed by atoms with Crippen LogP contribution in [0.1, 0.15) is 0 Å². The summed E-state index contributed by atoms with van der Waals surface area (Å²) >= 11 is 0. The molecule has 1 aliphatic heterocycles. The largest absolute Gasteiger partial charge is 0.506 e. The lowest BCUT2D eigenvalue weighted by Crippen LogP contribution is -1.97. The number of hydrogen-bond donors (Lipinski definition) is 0. The Kier molecular flexibility index (Phi) is 0.708. The highest BCUT2D eigenvalue weighted by molar-refractivity contribution is 4.84. The highest BCUT2D eigenvalue weighted by Crippen LogP contribution is 1.86. The van der Waals surface area contributed by atoms with Gasteiger partial charge in [-0.05, 0) is 12.2 Å². The third kappa shape index (κ3) is 0.455. The number of nitrogens with zero attached hydrogens (tertiary/aromatic N) is 2. The standard InChI is InChI=1S/C4H6N2/c5-6-3-1-2-4-6/h1-2H,3-4H2. The summed E-state index contributed by atoms with van der Waals surface area (Å²) in [6.45, 7) is 1.39. The van der Waals surface area contributed by atoms with Gasteiger partial charge in [-0.25, -0.2) is 0 Å². The minimum atomic E-state index is 0.694. The second-order valence-electron chi connectivity index (χ2n) is 1.34. The second-order valence-corrected chi connectivity index (χ2v) is 1.34. The quantitative estimate of drug-likeness (QED) is 0.302. The molecule has 0 aromatic rings. The Hall–Kier alpha value is -0.660. The lowest BCUT2D eigenvalue weighted by molar-refractivity contribution is -0.521. The van der Waals surface area contributed by atoms with Gasteiger partial charge >= 0.3 is 0 Å². The van der Waals surface area contributed by atoms with Crippen molar-refractivity contribution in [2.24, 2.45) is 0 Å². The van der Waals surface area contributed by atoms with E-state index < -0.39 is 0 Å². The van der Waals surface area contributed by atoms with Crippen LogP contribution in [0.15, 0.2) is 12.2 Å². The zero-order valence-electron chi connectivity index (χ0n) is 3.46. The summed E-state index contributed by atoms with van der Waals surface area (Å²) in [5.41, 5.74) is 8.50. The van der Waals surface area contributed by atoms with Crippen molar-refractivity contribution in [2.75, 3.05) is 13.1 Å². The smallest absolute Gasteiger partial charge is 0.150 e. The fourth-order valence-electron chi connectivity index (χ4n) is 0.467. The molecule has 2 heteroatoms. The predicted molar refractivity (Wildman–Crippen MR) is 22.5 cm³/mol. The van der Waals surface area contributed by atoms with Crippen LogP contribution in [0.5, 0.6) is 0 Å². The van der Waals surface area contributed by atoms with Gasteiger partial charge in [0.05, 0.1) is 0 Å². The van der Waals surface area contributed by atoms with E-state index >= 15 is 0 Å². The number of hydrogen-bond acceptors (Lipinski definition) is 0. The first kappa shape index (κ1) is 3.53. The molecule has 32 valence electrons. The first-order chi connectivity index (χ1) is 2.89. The van der Waals surface area contributed by atoms with E-state index in [0.29, 0.717) is 13.1 Å². The maximum atomic E-state index is 8.50. The van der Waals surface area contributed by atoms with Crippen molar-refractivity contribution < 1.29 is 4.70 Å². The molecule has 2 nitrogen and oxygen atoms in total. The highest BCUT2D eigenvalue weighted by Gasteiger charge is 1.93. The van der Waals surface area contributed by atoms with Gasteiger partial charge in [0.25, 0.3) is 0 Å². The van der Waals surface area contributed by atoms with Crippen LogP contribution in [0.2, 0.25) is 0 Å². The van der Waals surface area contributed by atoms with Crippen LogP contribution >= 0.6 is 0 Å². The van der Waals surface area contributed by atoms with Crippen LogP contribution in [-0.2, 0) is 0 Å². The van der Waals surface area contributed by atoms with Crippen LogP contribution < -0.4 is 0 Å². The van der Waals surface area contributed by atoms with E-state index in [1.807, 2.05) is 12.2 Å². The molecular formula is C4H6N2. The Morgan fingerprint density at radius 2 is 1.83 bits per heavy atom. The van der Waals surface area contributed by atoms with Crippen LogP contribution in [-0.4, -0.2) is 17.8 Å². The Bertz CT molecular complexity index is 83.7. The van der Waals surface area contributed by atoms with Crippen LogP contribution in [0.3, 0.4) is 0 Å². The molecule has 0 saturated heterocycles. The van der Waals surface area contributed by atoms with Crippen molar-refractivity contribution in [3.05, 3.63) is 17.7 Å². The summed E-state index contributed by atoms with van der Waals surface area (Å²) in [5.74, 6) is 0. The van der Waals surface area contributed by atoms with Crippen molar-refractivity contribution in [3.63, 3.8) is 0 Å². The Labute approximate surface area is 36.6 Å². The average molecular weight is 82.1 g/mol. The molecule has 0 amide bonds. The Morgan fingerprint density at radius 3 is 2.00 bits per heavy atom. The van der Waals surface area contributed by atoms with E-state index in [9.17, 15) is 0 Å². The summed E-state index contributed by atoms with van der Waals surface area (Å²) < 4.78 is 1.25. The van der Waals surface area contributed by atoms with Gasteiger partial charge < -0.3 is 10.2 Å². The fourth-order valence-corrected chi connectivity index (χ4v) is 0.467. The zero-order valence-corrected chi connectivity index (χ0v) is 3.46. The van der Waals surface area contributed by atoms with E-state index in [4.69, 9.17) is 5.53 Å². The molecule has 6 heavy (non-hydrogen) atoms. The van der Waals surface area contributed by atoms with Crippen molar-refractivity contribution in [1.82, 2.24) is 0 Å². The van der Waals surface area contributed by atoms with Crippen LogP contribution in [0.4, 0.5) is 0 Å². The average Bonchev–Trinajstić information content (AvgIpc) is 1.86. The highest BCUT2D eigenvalue weighted by atomic mass is 15.2. The summed E-state index contributed by atoms with van der Waals surface area (Å²) in [5, 5.41) is 0. The lowest BCUT2D eigenvalue weighted by atomic mass is 10.6. The Balaban J connectivity index is 2.52. The topological polar surface area (TPSA) is 25.3 Å². The van der Waals surface area contributed by atoms with Crippen LogP contribution in [0, 0.1) is 0 Å². The van der Waals surface area contributed by atoms with Crippen molar-refractivity contribution >= 4 is 0 Å². The molecule has 0 radical (unpaired) electrons. The summed E-state index contributed by atoms with van der Waals surface area (Å²) in [6, 6.07) is 0. The summed E-state index contributed by atoms with van der Waals surface area (Å²) in [4.78, 5) is 0. The molecule has 0 saturated carbocycles. The molecule has 0 aliphatic carbocycles. The maximum Gasteiger partial charge on any atom is 0.150 e. The van der Waals surface area contributed by atoms with E-state index in [2.05, 4.69) is 0 Å². The predicted octanol–water partition coefficient (Wildman–Crippen LogP) is 0.590. The van der Waals surface area contributed by atoms with E-state index in [0.717, 1.165) is 0 Å². The molecular weight excluding hydrogens is 76.1 g/mol. The minimum absolute atomic E-state index is 0.694. The molecule has 0 spiro atoms. The molecule has 0 fully saturated rings. The minimum Gasteiger partial charge on any atom is -0.506 e. The lowest BCUT2D eigenvalue weighted by Gasteiger charge is -1.89. The zero-order chi connectivity index (χ0) is 4.41. The monoisotopic (exact) mass is 82.1 g/mol. The third-order valence-corrected chi connectivity index (χ3v) is 0.799. The van der Waals surface area contributed by atoms with Gasteiger partial charge in [0, 0.05) is 0 Å².